The van der Waals surface area contributed by atoms with Crippen LogP contribution in [-0.2, 0) is 19.1 Å². The molecule has 0 spiro atoms. The van der Waals surface area contributed by atoms with Crippen molar-refractivity contribution in [2.45, 2.75) is 45.6 Å². The molecule has 0 aromatic heterocycles. The van der Waals surface area contributed by atoms with E-state index in [0.717, 1.165) is 7.11 Å². The van der Waals surface area contributed by atoms with Crippen LogP contribution in [0.25, 0.3) is 0 Å². The van der Waals surface area contributed by atoms with Crippen LogP contribution in [0.1, 0.15) is 45.1 Å². The number of benzene rings is 1. The van der Waals surface area contributed by atoms with Crippen molar-refractivity contribution in [3.8, 4) is 11.8 Å². The summed E-state index contributed by atoms with van der Waals surface area (Å²) >= 11 is 0. The quantitative estimate of drug-likeness (QED) is 0.223. The Labute approximate surface area is 197 Å². The summed E-state index contributed by atoms with van der Waals surface area (Å²) < 4.78 is 16.2. The van der Waals surface area contributed by atoms with Crippen LogP contribution in [0.3, 0.4) is 0 Å². The summed E-state index contributed by atoms with van der Waals surface area (Å²) in [6, 6.07) is 5.80. The summed E-state index contributed by atoms with van der Waals surface area (Å²) in [5, 5.41) is 24.0. The molecule has 0 saturated carbocycles. The first-order chi connectivity index (χ1) is 16.2. The topological polar surface area (TPSA) is 167 Å². The molecule has 2 rings (SSSR count). The van der Waals surface area contributed by atoms with Crippen molar-refractivity contribution in [1.29, 1.82) is 5.26 Å². The van der Waals surface area contributed by atoms with Gasteiger partial charge in [0.1, 0.15) is 17.5 Å². The van der Waals surface area contributed by atoms with Gasteiger partial charge in [-0.1, -0.05) is 0 Å². The van der Waals surface area contributed by atoms with Crippen molar-refractivity contribution in [2.24, 2.45) is 5.73 Å². The standard InChI is InChI=1S/C23H28N4O7/c1-13(2)34-23(29)19-14(3)26-17(12-25)21(22(28)32-4)20(19)16-11-15(27(30)31)7-8-18(16)33-10-6-5-9-24/h7-8,11,13,20,26H,5-6,9-10,24H2,1-4H3. The number of nitro groups is 1. The molecule has 11 nitrogen and oxygen atoms in total. The maximum Gasteiger partial charge on any atom is 0.337 e. The van der Waals surface area contributed by atoms with Gasteiger partial charge in [0.05, 0.1) is 41.8 Å². The Balaban J connectivity index is 2.80. The summed E-state index contributed by atoms with van der Waals surface area (Å²) in [6.45, 7) is 5.60. The molecule has 0 amide bonds. The number of methoxy groups -OCH3 is 1. The number of hydrogen-bond acceptors (Lipinski definition) is 10. The average Bonchev–Trinajstić information content (AvgIpc) is 2.79. The number of dihydropyridines is 1. The number of rotatable bonds is 10. The number of nitrogens with zero attached hydrogens (tertiary/aromatic N) is 2. The molecule has 1 aliphatic rings. The monoisotopic (exact) mass is 472 g/mol. The minimum Gasteiger partial charge on any atom is -0.493 e. The van der Waals surface area contributed by atoms with Crippen molar-refractivity contribution in [1.82, 2.24) is 5.32 Å². The average molecular weight is 472 g/mol. The van der Waals surface area contributed by atoms with Gasteiger partial charge in [0.15, 0.2) is 0 Å². The molecule has 0 saturated heterocycles. The lowest BCUT2D eigenvalue weighted by molar-refractivity contribution is -0.384. The van der Waals surface area contributed by atoms with Gasteiger partial charge in [-0.2, -0.15) is 5.26 Å². The number of hydrogen-bond donors (Lipinski definition) is 2. The Morgan fingerprint density at radius 1 is 1.26 bits per heavy atom. The van der Waals surface area contributed by atoms with E-state index >= 15 is 0 Å². The van der Waals surface area contributed by atoms with Crippen molar-refractivity contribution >= 4 is 17.6 Å². The summed E-state index contributed by atoms with van der Waals surface area (Å²) in [7, 11) is 1.14. The molecule has 11 heteroatoms. The van der Waals surface area contributed by atoms with Crippen molar-refractivity contribution < 1.29 is 28.7 Å². The third-order valence-corrected chi connectivity index (χ3v) is 5.01. The SMILES string of the molecule is COC(=O)C1=C(C#N)NC(C)=C(C(=O)OC(C)C)C1c1cc([N+](=O)[O-])ccc1OCCCCN. The van der Waals surface area contributed by atoms with Crippen molar-refractivity contribution in [3.05, 3.63) is 56.4 Å². The molecule has 1 unspecified atom stereocenters. The molecule has 0 bridgehead atoms. The number of carbonyl (C=O) groups is 2. The maximum absolute atomic E-state index is 13.1. The predicted octanol–water partition coefficient (Wildman–Crippen LogP) is 2.58. The molecule has 34 heavy (non-hydrogen) atoms. The molecule has 0 radical (unpaired) electrons. The number of carbonyl (C=O) groups excluding carboxylic acids is 2. The van der Waals surface area contributed by atoms with E-state index < -0.39 is 28.9 Å². The number of esters is 2. The number of nitrogens with two attached hydrogens (primary N) is 1. The second kappa shape index (κ2) is 11.8. The van der Waals surface area contributed by atoms with E-state index in [-0.39, 0.29) is 46.1 Å². The van der Waals surface area contributed by atoms with Crippen LogP contribution in [0.4, 0.5) is 5.69 Å². The zero-order valence-corrected chi connectivity index (χ0v) is 19.5. The largest absolute Gasteiger partial charge is 0.493 e. The molecular weight excluding hydrogens is 444 g/mol. The van der Waals surface area contributed by atoms with Crippen LogP contribution >= 0.6 is 0 Å². The Morgan fingerprint density at radius 2 is 1.97 bits per heavy atom. The lowest BCUT2D eigenvalue weighted by Crippen LogP contribution is -2.33. The summed E-state index contributed by atoms with van der Waals surface area (Å²) in [6.07, 6.45) is 0.847. The fraction of sp³-hybridized carbons (Fsp3) is 0.435. The Morgan fingerprint density at radius 3 is 2.53 bits per heavy atom. The summed E-state index contributed by atoms with van der Waals surface area (Å²) in [5.41, 5.74) is 5.36. The minimum absolute atomic E-state index is 0.0143. The molecule has 1 heterocycles. The number of ether oxygens (including phenoxy) is 3. The zero-order valence-electron chi connectivity index (χ0n) is 19.5. The summed E-state index contributed by atoms with van der Waals surface area (Å²) in [5.74, 6) is -2.61. The third kappa shape index (κ3) is 5.90. The first-order valence-corrected chi connectivity index (χ1v) is 10.7. The van der Waals surface area contributed by atoms with E-state index in [1.807, 2.05) is 6.07 Å². The van der Waals surface area contributed by atoms with Gasteiger partial charge in [0.2, 0.25) is 0 Å². The third-order valence-electron chi connectivity index (χ3n) is 5.01. The van der Waals surface area contributed by atoms with Crippen LogP contribution in [-0.4, -0.2) is 43.2 Å². The maximum atomic E-state index is 13.1. The van der Waals surface area contributed by atoms with E-state index in [4.69, 9.17) is 19.9 Å². The van der Waals surface area contributed by atoms with Crippen LogP contribution in [0.5, 0.6) is 5.75 Å². The van der Waals surface area contributed by atoms with Gasteiger partial charge in [0.25, 0.3) is 5.69 Å². The molecule has 182 valence electrons. The molecule has 3 N–H and O–H groups in total. The van der Waals surface area contributed by atoms with Crippen LogP contribution in [0, 0.1) is 21.4 Å². The molecule has 1 aliphatic heterocycles. The van der Waals surface area contributed by atoms with Crippen molar-refractivity contribution in [3.63, 3.8) is 0 Å². The second-order valence-corrected chi connectivity index (χ2v) is 7.77. The van der Waals surface area contributed by atoms with Crippen LogP contribution in [0.15, 0.2) is 40.7 Å². The Hall–Kier alpha value is -3.91. The van der Waals surface area contributed by atoms with E-state index in [1.54, 1.807) is 20.8 Å². The molecule has 0 fully saturated rings. The minimum atomic E-state index is -1.21. The highest BCUT2D eigenvalue weighted by molar-refractivity contribution is 6.00. The lowest BCUT2D eigenvalue weighted by Gasteiger charge is -2.30. The number of non-ortho nitro benzene ring substituents is 1. The van der Waals surface area contributed by atoms with Gasteiger partial charge in [-0.05, 0) is 46.2 Å². The fourth-order valence-corrected chi connectivity index (χ4v) is 3.54. The highest BCUT2D eigenvalue weighted by Gasteiger charge is 2.41. The number of nitro benzene ring substituents is 1. The number of allylic oxidation sites excluding steroid dienone is 2. The Bertz CT molecular complexity index is 1070. The smallest absolute Gasteiger partial charge is 0.337 e. The molecule has 1 atom stereocenters. The molecule has 1 aromatic rings. The molecule has 1 aromatic carbocycles. The fourth-order valence-electron chi connectivity index (χ4n) is 3.54. The van der Waals surface area contributed by atoms with E-state index in [1.165, 1.54) is 18.2 Å². The van der Waals surface area contributed by atoms with E-state index in [0.29, 0.717) is 19.4 Å². The van der Waals surface area contributed by atoms with Gasteiger partial charge >= 0.3 is 11.9 Å². The molecular formula is C23H28N4O7. The van der Waals surface area contributed by atoms with Crippen LogP contribution in [0.2, 0.25) is 0 Å². The van der Waals surface area contributed by atoms with Gasteiger partial charge in [-0.15, -0.1) is 0 Å². The highest BCUT2D eigenvalue weighted by atomic mass is 16.6. The second-order valence-electron chi connectivity index (χ2n) is 7.77. The normalized spacial score (nSPS) is 15.5. The van der Waals surface area contributed by atoms with Gasteiger partial charge in [0, 0.05) is 23.4 Å². The van der Waals surface area contributed by atoms with E-state index in [9.17, 15) is 25.0 Å². The number of nitriles is 1. The van der Waals surface area contributed by atoms with Crippen molar-refractivity contribution in [2.75, 3.05) is 20.3 Å². The van der Waals surface area contributed by atoms with Gasteiger partial charge < -0.3 is 25.3 Å². The zero-order chi connectivity index (χ0) is 25.4. The first-order valence-electron chi connectivity index (χ1n) is 10.7. The Kier molecular flexibility index (Phi) is 9.15. The van der Waals surface area contributed by atoms with E-state index in [2.05, 4.69) is 5.32 Å². The first kappa shape index (κ1) is 26.3. The van der Waals surface area contributed by atoms with Gasteiger partial charge in [-0.3, -0.25) is 10.1 Å². The summed E-state index contributed by atoms with van der Waals surface area (Å²) in [4.78, 5) is 36.9. The number of nitrogens with one attached hydrogen (secondary N) is 1. The highest BCUT2D eigenvalue weighted by Crippen LogP contribution is 2.44. The lowest BCUT2D eigenvalue weighted by atomic mass is 9.79. The van der Waals surface area contributed by atoms with Crippen LogP contribution < -0.4 is 15.8 Å². The number of unbranched alkanes of at least 4 members (excludes halogenated alkanes) is 1. The molecule has 0 aliphatic carbocycles. The van der Waals surface area contributed by atoms with Gasteiger partial charge in [-0.25, -0.2) is 9.59 Å². The predicted molar refractivity (Wildman–Crippen MR) is 121 cm³/mol.